The Morgan fingerprint density at radius 3 is 1.90 bits per heavy atom. The summed E-state index contributed by atoms with van der Waals surface area (Å²) in [7, 11) is 0. The van der Waals surface area contributed by atoms with E-state index >= 15 is 0 Å². The smallest absolute Gasteiger partial charge is 0.343 e. The van der Waals surface area contributed by atoms with Crippen LogP contribution in [0.5, 0.6) is 0 Å². The number of hydrogen-bond acceptors (Lipinski definition) is 3. The van der Waals surface area contributed by atoms with E-state index in [9.17, 15) is 39.5 Å². The molecule has 3 nitrogen and oxygen atoms in total. The maximum atomic E-state index is 14.1. The third-order valence-corrected chi connectivity index (χ3v) is 5.35. The Morgan fingerprint density at radius 1 is 0.871 bits per heavy atom. The average molecular weight is 520 g/mol. The van der Waals surface area contributed by atoms with E-state index in [4.69, 9.17) is 0 Å². The molecule has 13 heteroatoms. The van der Waals surface area contributed by atoms with E-state index in [-0.39, 0.29) is 18.0 Å². The van der Waals surface area contributed by atoms with E-state index in [0.717, 1.165) is 0 Å². The number of hydrogen-bond donors (Lipinski definition) is 1. The van der Waals surface area contributed by atoms with Crippen molar-refractivity contribution >= 4 is 27.5 Å². The first-order chi connectivity index (χ1) is 14.1. The summed E-state index contributed by atoms with van der Waals surface area (Å²) in [6.07, 6.45) is -16.9. The van der Waals surface area contributed by atoms with Crippen LogP contribution >= 0.6 is 15.9 Å². The first-order valence-corrected chi connectivity index (χ1v) is 9.21. The molecule has 0 aliphatic carbocycles. The van der Waals surface area contributed by atoms with Crippen LogP contribution in [0.2, 0.25) is 0 Å². The zero-order valence-electron chi connectivity index (χ0n) is 15.1. The first-order valence-electron chi connectivity index (χ1n) is 8.42. The molecule has 0 radical (unpaired) electrons. The molecule has 0 saturated carbocycles. The molecule has 2 heterocycles. The Morgan fingerprint density at radius 2 is 1.42 bits per heavy atom. The van der Waals surface area contributed by atoms with Crippen molar-refractivity contribution < 1.29 is 39.5 Å². The number of anilines is 1. The molecule has 1 atom stereocenters. The summed E-state index contributed by atoms with van der Waals surface area (Å²) in [4.78, 5) is 6.22. The lowest BCUT2D eigenvalue weighted by Gasteiger charge is -2.32. The van der Waals surface area contributed by atoms with E-state index < -0.39 is 53.9 Å². The third kappa shape index (κ3) is 4.65. The van der Waals surface area contributed by atoms with E-state index in [1.165, 1.54) is 6.07 Å². The molecule has 31 heavy (non-hydrogen) atoms. The molecule has 1 aromatic carbocycles. The fourth-order valence-electron chi connectivity index (χ4n) is 3.07. The van der Waals surface area contributed by atoms with Gasteiger partial charge in [-0.2, -0.15) is 39.5 Å². The van der Waals surface area contributed by atoms with Crippen molar-refractivity contribution in [1.29, 1.82) is 0 Å². The van der Waals surface area contributed by atoms with Crippen LogP contribution in [0.3, 0.4) is 0 Å². The fourth-order valence-corrected chi connectivity index (χ4v) is 3.46. The molecule has 0 bridgehead atoms. The number of halogens is 10. The Bertz CT molecular complexity index is 979. The van der Waals surface area contributed by atoms with Crippen LogP contribution in [-0.4, -0.2) is 23.5 Å². The normalized spacial score (nSPS) is 20.0. The van der Waals surface area contributed by atoms with Gasteiger partial charge in [0.15, 0.2) is 0 Å². The lowest BCUT2D eigenvalue weighted by Crippen LogP contribution is -2.44. The second-order valence-corrected chi connectivity index (χ2v) is 7.60. The number of benzene rings is 1. The third-order valence-electron chi connectivity index (χ3n) is 4.66. The number of pyridine rings is 1. The Labute approximate surface area is 177 Å². The van der Waals surface area contributed by atoms with Gasteiger partial charge in [0, 0.05) is 10.9 Å². The summed E-state index contributed by atoms with van der Waals surface area (Å²) in [5, 5.41) is 2.64. The number of aliphatic imine (C=N–C) groups is 1. The van der Waals surface area contributed by atoms with Crippen LogP contribution in [-0.2, 0) is 17.8 Å². The summed E-state index contributed by atoms with van der Waals surface area (Å²) in [6, 6.07) is 6.31. The van der Waals surface area contributed by atoms with E-state index in [2.05, 4.69) is 31.2 Å². The monoisotopic (exact) mass is 519 g/mol. The summed E-state index contributed by atoms with van der Waals surface area (Å²) in [5.41, 5.74) is -8.08. The van der Waals surface area contributed by atoms with Gasteiger partial charge in [0.2, 0.25) is 0 Å². The molecule has 3 rings (SSSR count). The van der Waals surface area contributed by atoms with Crippen LogP contribution in [0.1, 0.15) is 23.4 Å². The van der Waals surface area contributed by atoms with Crippen molar-refractivity contribution in [3.05, 3.63) is 57.8 Å². The average Bonchev–Trinajstić information content (AvgIpc) is 3.07. The van der Waals surface area contributed by atoms with E-state index in [1.54, 1.807) is 18.2 Å². The van der Waals surface area contributed by atoms with Gasteiger partial charge >= 0.3 is 18.5 Å². The molecule has 168 valence electrons. The van der Waals surface area contributed by atoms with Crippen LogP contribution < -0.4 is 5.32 Å². The minimum atomic E-state index is -5.38. The topological polar surface area (TPSA) is 37.3 Å². The van der Waals surface area contributed by atoms with Gasteiger partial charge in [-0.1, -0.05) is 12.1 Å². The van der Waals surface area contributed by atoms with Crippen molar-refractivity contribution in [2.45, 2.75) is 30.4 Å². The van der Waals surface area contributed by atoms with Crippen molar-refractivity contribution in [3.8, 4) is 0 Å². The van der Waals surface area contributed by atoms with Crippen molar-refractivity contribution in [2.24, 2.45) is 4.99 Å². The molecule has 0 fully saturated rings. The SMILES string of the molecule is FC(F)(F)c1cc(C2(C(F)(F)F)CN=C(Nc3ccccc3Br)C2)cc(C(F)(F)F)n1. The van der Waals surface area contributed by atoms with Gasteiger partial charge in [0.05, 0.1) is 12.2 Å². The molecule has 0 amide bonds. The fraction of sp³-hybridized carbons (Fsp3) is 0.333. The Hall–Kier alpha value is -2.31. The van der Waals surface area contributed by atoms with Gasteiger partial charge in [-0.05, 0) is 45.8 Å². The molecule has 1 aromatic heterocycles. The van der Waals surface area contributed by atoms with Crippen LogP contribution in [0.15, 0.2) is 45.9 Å². The molecule has 2 aromatic rings. The van der Waals surface area contributed by atoms with E-state index in [1.807, 2.05) is 0 Å². The van der Waals surface area contributed by atoms with Crippen molar-refractivity contribution in [3.63, 3.8) is 0 Å². The zero-order chi connectivity index (χ0) is 23.2. The molecule has 1 aliphatic heterocycles. The van der Waals surface area contributed by atoms with Gasteiger partial charge < -0.3 is 5.32 Å². The summed E-state index contributed by atoms with van der Waals surface area (Å²) in [6.45, 7) is -1.08. The number of para-hydroxylation sites is 1. The number of alkyl halides is 9. The second-order valence-electron chi connectivity index (χ2n) is 6.75. The molecule has 1 aliphatic rings. The Kier molecular flexibility index (Phi) is 5.78. The summed E-state index contributed by atoms with van der Waals surface area (Å²) >= 11 is 3.18. The second kappa shape index (κ2) is 7.68. The molecule has 0 spiro atoms. The van der Waals surface area contributed by atoms with Crippen molar-refractivity contribution in [1.82, 2.24) is 4.98 Å². The number of aromatic nitrogens is 1. The predicted octanol–water partition coefficient (Wildman–Crippen LogP) is 6.60. The minimum Gasteiger partial charge on any atom is -0.343 e. The quantitative estimate of drug-likeness (QED) is 0.454. The largest absolute Gasteiger partial charge is 0.433 e. The number of rotatable bonds is 2. The highest BCUT2D eigenvalue weighted by atomic mass is 79.9. The maximum Gasteiger partial charge on any atom is 0.433 e. The van der Waals surface area contributed by atoms with Gasteiger partial charge in [-0.25, -0.2) is 4.98 Å². The van der Waals surface area contributed by atoms with Gasteiger partial charge in [0.1, 0.15) is 22.6 Å². The standard InChI is InChI=1S/C18H11BrF9N3/c19-10-3-1-2-4-11(10)30-14-7-15(8-29-14,18(26,27)28)9-5-12(16(20,21)22)31-13(6-9)17(23,24)25/h1-6H,7-8H2,(H,29,30). The van der Waals surface area contributed by atoms with Crippen LogP contribution in [0, 0.1) is 0 Å². The minimum absolute atomic E-state index is 0.000373. The molecular formula is C18H11BrF9N3. The number of nitrogens with one attached hydrogen (secondary N) is 1. The summed E-state index contributed by atoms with van der Waals surface area (Å²) in [5.74, 6) is -0.233. The highest BCUT2D eigenvalue weighted by Gasteiger charge is 2.59. The van der Waals surface area contributed by atoms with Crippen molar-refractivity contribution in [2.75, 3.05) is 11.9 Å². The molecule has 1 N–H and O–H groups in total. The predicted molar refractivity (Wildman–Crippen MR) is 96.7 cm³/mol. The lowest BCUT2D eigenvalue weighted by atomic mass is 9.77. The maximum absolute atomic E-state index is 14.1. The molecule has 1 unspecified atom stereocenters. The van der Waals surface area contributed by atoms with Crippen LogP contribution in [0.4, 0.5) is 45.2 Å². The molecule has 0 saturated heterocycles. The number of amidine groups is 1. The highest BCUT2D eigenvalue weighted by molar-refractivity contribution is 9.10. The van der Waals surface area contributed by atoms with Crippen LogP contribution in [0.25, 0.3) is 0 Å². The molecular weight excluding hydrogens is 509 g/mol. The summed E-state index contributed by atoms with van der Waals surface area (Å²) < 4.78 is 121. The zero-order valence-corrected chi connectivity index (χ0v) is 16.6. The van der Waals surface area contributed by atoms with Gasteiger partial charge in [-0.3, -0.25) is 4.99 Å². The van der Waals surface area contributed by atoms with Gasteiger partial charge in [-0.15, -0.1) is 0 Å². The Balaban J connectivity index is 2.08. The van der Waals surface area contributed by atoms with E-state index in [0.29, 0.717) is 10.2 Å². The van der Waals surface area contributed by atoms with Gasteiger partial charge in [0.25, 0.3) is 0 Å². The first kappa shape index (κ1) is 23.4. The number of nitrogens with zero attached hydrogens (tertiary/aromatic N) is 2. The highest BCUT2D eigenvalue weighted by Crippen LogP contribution is 2.49. The lowest BCUT2D eigenvalue weighted by molar-refractivity contribution is -0.185.